The topological polar surface area (TPSA) is 72.3 Å². The molecular weight excluding hydrogens is 438 g/mol. The van der Waals surface area contributed by atoms with Crippen molar-refractivity contribution in [1.82, 2.24) is 19.4 Å². The van der Waals surface area contributed by atoms with E-state index in [0.717, 1.165) is 42.1 Å². The van der Waals surface area contributed by atoms with E-state index in [1.54, 1.807) is 11.1 Å². The second-order valence-corrected chi connectivity index (χ2v) is 10.2. The smallest absolute Gasteiger partial charge is 0.410 e. The van der Waals surface area contributed by atoms with E-state index in [0.29, 0.717) is 16.7 Å². The molecule has 8 heteroatoms. The van der Waals surface area contributed by atoms with Crippen molar-refractivity contribution in [2.24, 2.45) is 7.05 Å². The van der Waals surface area contributed by atoms with Crippen LogP contribution in [0.3, 0.4) is 0 Å². The number of nitrogens with one attached hydrogen (secondary N) is 1. The van der Waals surface area contributed by atoms with Crippen LogP contribution in [-0.4, -0.2) is 50.3 Å². The molecule has 1 aliphatic carbocycles. The van der Waals surface area contributed by atoms with Crippen LogP contribution in [0.5, 0.6) is 0 Å². The lowest BCUT2D eigenvalue weighted by atomic mass is 9.90. The van der Waals surface area contributed by atoms with Crippen LogP contribution in [0.1, 0.15) is 46.5 Å². The number of carbonyl (C=O) groups excluding carboxylic acids is 1. The monoisotopic (exact) mass is 469 g/mol. The van der Waals surface area contributed by atoms with Gasteiger partial charge in [0.1, 0.15) is 5.60 Å². The molecule has 0 spiro atoms. The van der Waals surface area contributed by atoms with Crippen molar-refractivity contribution < 1.29 is 9.53 Å². The number of ether oxygens (including phenoxy) is 1. The highest BCUT2D eigenvalue weighted by molar-refractivity contribution is 6.33. The van der Waals surface area contributed by atoms with E-state index in [1.807, 2.05) is 53.2 Å². The van der Waals surface area contributed by atoms with Gasteiger partial charge in [-0.05, 0) is 58.6 Å². The number of amides is 1. The second kappa shape index (κ2) is 9.21. The summed E-state index contributed by atoms with van der Waals surface area (Å²) in [7, 11) is 3.84. The molecule has 0 unspecified atom stereocenters. The van der Waals surface area contributed by atoms with E-state index in [-0.39, 0.29) is 18.2 Å². The third-order valence-electron chi connectivity index (χ3n) is 6.14. The fraction of sp³-hybridized carbons (Fsp3) is 0.480. The summed E-state index contributed by atoms with van der Waals surface area (Å²) in [6.07, 6.45) is 7.18. The van der Waals surface area contributed by atoms with Crippen LogP contribution in [0.25, 0.3) is 22.2 Å². The summed E-state index contributed by atoms with van der Waals surface area (Å²) >= 11 is 6.52. The fourth-order valence-electron chi connectivity index (χ4n) is 4.45. The van der Waals surface area contributed by atoms with Gasteiger partial charge in [-0.3, -0.25) is 0 Å². The minimum absolute atomic E-state index is 0.107. The summed E-state index contributed by atoms with van der Waals surface area (Å²) in [5, 5.41) is 5.10. The maximum Gasteiger partial charge on any atom is 0.410 e. The van der Waals surface area contributed by atoms with Gasteiger partial charge in [-0.15, -0.1) is 0 Å². The molecule has 1 amide bonds. The van der Waals surface area contributed by atoms with Gasteiger partial charge in [0, 0.05) is 48.8 Å². The van der Waals surface area contributed by atoms with Crippen LogP contribution >= 0.6 is 11.6 Å². The van der Waals surface area contributed by atoms with Crippen molar-refractivity contribution >= 4 is 34.5 Å². The number of hydrogen-bond acceptors (Lipinski definition) is 5. The molecule has 1 saturated carbocycles. The summed E-state index contributed by atoms with van der Waals surface area (Å²) in [5.74, 6) is 0.549. The zero-order valence-corrected chi connectivity index (χ0v) is 20.7. The SMILES string of the molecule is CN(C(=O)OC(C)(C)C)[C@H]1CCC[C@@H](Nc2ncc(Cl)c(-c3cccc4c3ccn4C)n2)C1. The molecule has 176 valence electrons. The van der Waals surface area contributed by atoms with Crippen LogP contribution in [0, 0.1) is 0 Å². The lowest BCUT2D eigenvalue weighted by Gasteiger charge is -2.36. The first-order valence-corrected chi connectivity index (χ1v) is 11.8. The third-order valence-corrected chi connectivity index (χ3v) is 6.41. The lowest BCUT2D eigenvalue weighted by Crippen LogP contribution is -2.45. The van der Waals surface area contributed by atoms with E-state index < -0.39 is 5.60 Å². The number of halogens is 1. The minimum atomic E-state index is -0.507. The van der Waals surface area contributed by atoms with E-state index >= 15 is 0 Å². The van der Waals surface area contributed by atoms with Crippen LogP contribution in [0.4, 0.5) is 10.7 Å². The number of carbonyl (C=O) groups is 1. The number of fused-ring (bicyclic) bond motifs is 1. The standard InChI is InChI=1S/C25H32ClN5O2/c1-25(2,3)33-24(32)31(5)17-9-6-8-16(14-17)28-23-27-15-20(26)22(29-23)19-10-7-11-21-18(19)12-13-30(21)4/h7,10-13,15-17H,6,8-9,14H2,1-5H3,(H,27,28,29)/t16-,17+/m1/s1. The second-order valence-electron chi connectivity index (χ2n) is 9.81. The predicted octanol–water partition coefficient (Wildman–Crippen LogP) is 5.88. The van der Waals surface area contributed by atoms with Gasteiger partial charge in [-0.2, -0.15) is 0 Å². The van der Waals surface area contributed by atoms with Crippen molar-refractivity contribution in [3.8, 4) is 11.3 Å². The van der Waals surface area contributed by atoms with Gasteiger partial charge < -0.3 is 19.5 Å². The largest absolute Gasteiger partial charge is 0.444 e. The molecule has 7 nitrogen and oxygen atoms in total. The zero-order valence-electron chi connectivity index (χ0n) is 19.9. The highest BCUT2D eigenvalue weighted by Crippen LogP contribution is 2.33. The molecule has 0 bridgehead atoms. The van der Waals surface area contributed by atoms with Crippen molar-refractivity contribution in [1.29, 1.82) is 0 Å². The Morgan fingerprint density at radius 3 is 2.82 bits per heavy atom. The van der Waals surface area contributed by atoms with Gasteiger partial charge in [-0.1, -0.05) is 23.7 Å². The molecule has 1 aliphatic rings. The quantitative estimate of drug-likeness (QED) is 0.516. The lowest BCUT2D eigenvalue weighted by molar-refractivity contribution is 0.0184. The Hall–Kier alpha value is -2.80. The maximum atomic E-state index is 12.5. The Morgan fingerprint density at radius 1 is 1.27 bits per heavy atom. The Bertz CT molecular complexity index is 1150. The van der Waals surface area contributed by atoms with E-state index in [2.05, 4.69) is 27.0 Å². The molecule has 2 aromatic heterocycles. The number of rotatable bonds is 4. The fourth-order valence-corrected chi connectivity index (χ4v) is 4.64. The van der Waals surface area contributed by atoms with Gasteiger partial charge in [0.15, 0.2) is 0 Å². The third kappa shape index (κ3) is 5.24. The van der Waals surface area contributed by atoms with Crippen LogP contribution in [0.15, 0.2) is 36.7 Å². The molecule has 0 aliphatic heterocycles. The molecule has 0 radical (unpaired) electrons. The van der Waals surface area contributed by atoms with Gasteiger partial charge in [0.2, 0.25) is 5.95 Å². The Kier molecular flexibility index (Phi) is 6.52. The highest BCUT2D eigenvalue weighted by Gasteiger charge is 2.30. The maximum absolute atomic E-state index is 12.5. The summed E-state index contributed by atoms with van der Waals surface area (Å²) in [5.41, 5.74) is 2.31. The van der Waals surface area contributed by atoms with Gasteiger partial charge in [-0.25, -0.2) is 14.8 Å². The van der Waals surface area contributed by atoms with Crippen molar-refractivity contribution in [2.75, 3.05) is 12.4 Å². The zero-order chi connectivity index (χ0) is 23.8. The molecule has 1 aromatic carbocycles. The number of benzene rings is 1. The summed E-state index contributed by atoms with van der Waals surface area (Å²) in [6.45, 7) is 5.65. The van der Waals surface area contributed by atoms with Crippen LogP contribution < -0.4 is 5.32 Å². The van der Waals surface area contributed by atoms with Crippen molar-refractivity contribution in [3.63, 3.8) is 0 Å². The number of aromatic nitrogens is 3. The average molecular weight is 470 g/mol. The van der Waals surface area contributed by atoms with E-state index in [1.165, 1.54) is 0 Å². The first kappa shape index (κ1) is 23.4. The first-order chi connectivity index (χ1) is 15.6. The predicted molar refractivity (Wildman–Crippen MR) is 133 cm³/mol. The van der Waals surface area contributed by atoms with Crippen LogP contribution in [0.2, 0.25) is 5.02 Å². The molecule has 2 heterocycles. The number of hydrogen-bond donors (Lipinski definition) is 1. The molecule has 33 heavy (non-hydrogen) atoms. The van der Waals surface area contributed by atoms with E-state index in [4.69, 9.17) is 21.3 Å². The van der Waals surface area contributed by atoms with Gasteiger partial charge >= 0.3 is 6.09 Å². The van der Waals surface area contributed by atoms with Crippen LogP contribution in [-0.2, 0) is 11.8 Å². The molecule has 3 aromatic rings. The Balaban J connectivity index is 1.51. The molecule has 2 atom stereocenters. The summed E-state index contributed by atoms with van der Waals surface area (Å²) in [4.78, 5) is 23.5. The first-order valence-electron chi connectivity index (χ1n) is 11.4. The molecule has 4 rings (SSSR count). The normalized spacial score (nSPS) is 18.8. The van der Waals surface area contributed by atoms with Crippen molar-refractivity contribution in [3.05, 3.63) is 41.7 Å². The summed E-state index contributed by atoms with van der Waals surface area (Å²) in [6, 6.07) is 8.48. The molecule has 1 N–H and O–H groups in total. The van der Waals surface area contributed by atoms with E-state index in [9.17, 15) is 4.79 Å². The van der Waals surface area contributed by atoms with Crippen molar-refractivity contribution in [2.45, 2.75) is 64.1 Å². The van der Waals surface area contributed by atoms with Gasteiger partial charge in [0.05, 0.1) is 16.9 Å². The molecular formula is C25H32ClN5O2. The molecule has 0 saturated heterocycles. The number of nitrogens with zero attached hydrogens (tertiary/aromatic N) is 4. The number of aryl methyl sites for hydroxylation is 1. The Morgan fingerprint density at radius 2 is 2.06 bits per heavy atom. The highest BCUT2D eigenvalue weighted by atomic mass is 35.5. The average Bonchev–Trinajstić information content (AvgIpc) is 3.15. The minimum Gasteiger partial charge on any atom is -0.444 e. The molecule has 1 fully saturated rings. The number of anilines is 1. The Labute approximate surface area is 200 Å². The summed E-state index contributed by atoms with van der Waals surface area (Å²) < 4.78 is 7.63. The van der Waals surface area contributed by atoms with Gasteiger partial charge in [0.25, 0.3) is 0 Å².